The van der Waals surface area contributed by atoms with Crippen molar-refractivity contribution < 1.29 is 16.8 Å². The number of aryl methyl sites for hydroxylation is 2. The molecule has 0 fully saturated rings. The van der Waals surface area contributed by atoms with Gasteiger partial charge in [0.2, 0.25) is 20.0 Å². The maximum Gasteiger partial charge on any atom is 0.243 e. The van der Waals surface area contributed by atoms with Gasteiger partial charge in [-0.05, 0) is 51.0 Å². The molecule has 8 heteroatoms. The van der Waals surface area contributed by atoms with Crippen molar-refractivity contribution in [2.75, 3.05) is 13.1 Å². The molecule has 6 nitrogen and oxygen atoms in total. The number of hydrogen-bond donors (Lipinski definition) is 0. The second-order valence-corrected chi connectivity index (χ2v) is 12.1. The average Bonchev–Trinajstić information content (AvgIpc) is 2.80. The van der Waals surface area contributed by atoms with Crippen LogP contribution in [0.3, 0.4) is 0 Å². The van der Waals surface area contributed by atoms with Gasteiger partial charge < -0.3 is 0 Å². The van der Waals surface area contributed by atoms with Gasteiger partial charge in [0.25, 0.3) is 0 Å². The summed E-state index contributed by atoms with van der Waals surface area (Å²) in [6.07, 6.45) is 8.48. The molecule has 2 atom stereocenters. The predicted molar refractivity (Wildman–Crippen MR) is 125 cm³/mol. The second-order valence-electron chi connectivity index (χ2n) is 8.32. The first kappa shape index (κ1) is 22.9. The van der Waals surface area contributed by atoms with Gasteiger partial charge in [-0.2, -0.15) is 8.61 Å². The Kier molecular flexibility index (Phi) is 6.40. The Labute approximate surface area is 191 Å². The highest BCUT2D eigenvalue weighted by molar-refractivity contribution is 7.89. The van der Waals surface area contributed by atoms with Gasteiger partial charge in [-0.1, -0.05) is 59.7 Å². The van der Waals surface area contributed by atoms with E-state index in [9.17, 15) is 16.8 Å². The number of benzene rings is 2. The molecule has 0 saturated heterocycles. The summed E-state index contributed by atoms with van der Waals surface area (Å²) < 4.78 is 57.0. The van der Waals surface area contributed by atoms with E-state index < -0.39 is 32.1 Å². The Bertz CT molecular complexity index is 1130. The summed E-state index contributed by atoms with van der Waals surface area (Å²) in [7, 11) is -7.56. The van der Waals surface area contributed by atoms with Crippen molar-refractivity contribution in [1.82, 2.24) is 8.61 Å². The average molecular weight is 473 g/mol. The molecule has 0 radical (unpaired) electrons. The molecule has 0 N–H and O–H groups in total. The van der Waals surface area contributed by atoms with Crippen LogP contribution in [-0.2, 0) is 20.0 Å². The Morgan fingerprint density at radius 2 is 0.938 bits per heavy atom. The van der Waals surface area contributed by atoms with Crippen LogP contribution in [0.4, 0.5) is 0 Å². The third kappa shape index (κ3) is 4.32. The van der Waals surface area contributed by atoms with Gasteiger partial charge in [0, 0.05) is 25.2 Å². The summed E-state index contributed by atoms with van der Waals surface area (Å²) in [6, 6.07) is 12.6. The van der Waals surface area contributed by atoms with Crippen molar-refractivity contribution in [3.8, 4) is 0 Å². The number of sulfonamides is 2. The second kappa shape index (κ2) is 8.94. The fourth-order valence-corrected chi connectivity index (χ4v) is 7.51. The molecule has 0 unspecified atom stereocenters. The number of hydrogen-bond acceptors (Lipinski definition) is 4. The maximum atomic E-state index is 13.5. The minimum absolute atomic E-state index is 0.222. The van der Waals surface area contributed by atoms with E-state index in [0.717, 1.165) is 11.1 Å². The van der Waals surface area contributed by atoms with Crippen molar-refractivity contribution in [2.45, 2.75) is 48.6 Å². The topological polar surface area (TPSA) is 74.8 Å². The molecule has 170 valence electrons. The molecule has 4 rings (SSSR count). The van der Waals surface area contributed by atoms with E-state index in [2.05, 4.69) is 0 Å². The Balaban J connectivity index is 1.72. The first-order chi connectivity index (χ1) is 15.2. The fraction of sp³-hybridized carbons (Fsp3) is 0.333. The monoisotopic (exact) mass is 472 g/mol. The molecule has 0 amide bonds. The highest BCUT2D eigenvalue weighted by Crippen LogP contribution is 2.32. The fourth-order valence-electron chi connectivity index (χ4n) is 4.28. The normalized spacial score (nSPS) is 22.8. The van der Waals surface area contributed by atoms with E-state index in [1.165, 1.54) is 8.61 Å². The lowest BCUT2D eigenvalue weighted by molar-refractivity contribution is 0.196. The van der Waals surface area contributed by atoms with Crippen LogP contribution >= 0.6 is 0 Å². The Hall–Kier alpha value is -2.26. The van der Waals surface area contributed by atoms with E-state index in [0.29, 0.717) is 12.8 Å². The number of nitrogens with zero attached hydrogens (tertiary/aromatic N) is 2. The molecule has 2 heterocycles. The van der Waals surface area contributed by atoms with Crippen LogP contribution < -0.4 is 0 Å². The zero-order valence-electron chi connectivity index (χ0n) is 18.3. The van der Waals surface area contributed by atoms with E-state index >= 15 is 0 Å². The summed E-state index contributed by atoms with van der Waals surface area (Å²) in [5.74, 6) is 0. The molecule has 2 aliphatic heterocycles. The van der Waals surface area contributed by atoms with Crippen molar-refractivity contribution in [3.05, 3.63) is 84.0 Å². The molecule has 0 spiro atoms. The van der Waals surface area contributed by atoms with E-state index in [1.54, 1.807) is 48.5 Å². The van der Waals surface area contributed by atoms with Crippen molar-refractivity contribution in [3.63, 3.8) is 0 Å². The lowest BCUT2D eigenvalue weighted by atomic mass is 9.97. The zero-order valence-corrected chi connectivity index (χ0v) is 19.9. The van der Waals surface area contributed by atoms with Gasteiger partial charge in [-0.25, -0.2) is 16.8 Å². The first-order valence-corrected chi connectivity index (χ1v) is 13.6. The molecule has 0 aliphatic carbocycles. The highest BCUT2D eigenvalue weighted by Gasteiger charge is 2.42. The van der Waals surface area contributed by atoms with Gasteiger partial charge in [0.15, 0.2) is 0 Å². The Morgan fingerprint density at radius 1 is 0.594 bits per heavy atom. The maximum absolute atomic E-state index is 13.5. The van der Waals surface area contributed by atoms with Crippen LogP contribution in [0.15, 0.2) is 82.6 Å². The van der Waals surface area contributed by atoms with Gasteiger partial charge >= 0.3 is 0 Å². The standard InChI is InChI=1S/C24H28N2O4S2/c1-19-9-13-21(14-10-19)31(27,28)25-17-5-3-7-23(25)24-8-4-6-18-26(24)32(29,30)22-15-11-20(2)12-16-22/h3-6,9-16,23-24H,7-8,17-18H2,1-2H3/t23-,24+. The van der Waals surface area contributed by atoms with Crippen LogP contribution in [0.5, 0.6) is 0 Å². The summed E-state index contributed by atoms with van der Waals surface area (Å²) in [4.78, 5) is 0.449. The molecule has 2 aromatic carbocycles. The third-order valence-electron chi connectivity index (χ3n) is 6.10. The molecule has 2 aromatic rings. The van der Waals surface area contributed by atoms with E-state index in [1.807, 2.05) is 38.2 Å². The van der Waals surface area contributed by atoms with Gasteiger partial charge in [-0.3, -0.25) is 0 Å². The van der Waals surface area contributed by atoms with Crippen molar-refractivity contribution >= 4 is 20.0 Å². The Morgan fingerprint density at radius 3 is 1.28 bits per heavy atom. The van der Waals surface area contributed by atoms with Crippen molar-refractivity contribution in [1.29, 1.82) is 0 Å². The summed E-state index contributed by atoms with van der Waals surface area (Å²) in [5, 5.41) is 0. The quantitative estimate of drug-likeness (QED) is 0.623. The van der Waals surface area contributed by atoms with Gasteiger partial charge in [0.05, 0.1) is 9.79 Å². The largest absolute Gasteiger partial charge is 0.243 e. The lowest BCUT2D eigenvalue weighted by Crippen LogP contribution is -2.56. The van der Waals surface area contributed by atoms with Crippen LogP contribution in [0.25, 0.3) is 0 Å². The number of rotatable bonds is 5. The smallest absolute Gasteiger partial charge is 0.207 e. The van der Waals surface area contributed by atoms with E-state index in [4.69, 9.17) is 0 Å². The van der Waals surface area contributed by atoms with Crippen LogP contribution in [0, 0.1) is 13.8 Å². The van der Waals surface area contributed by atoms with Crippen LogP contribution in [0.2, 0.25) is 0 Å². The third-order valence-corrected chi connectivity index (χ3v) is 9.91. The zero-order chi connectivity index (χ0) is 22.9. The molecular weight excluding hydrogens is 444 g/mol. The summed E-state index contributed by atoms with van der Waals surface area (Å²) >= 11 is 0. The van der Waals surface area contributed by atoms with Crippen LogP contribution in [-0.4, -0.2) is 50.6 Å². The highest BCUT2D eigenvalue weighted by atomic mass is 32.2. The van der Waals surface area contributed by atoms with Crippen LogP contribution in [0.1, 0.15) is 24.0 Å². The lowest BCUT2D eigenvalue weighted by Gasteiger charge is -2.42. The minimum Gasteiger partial charge on any atom is -0.207 e. The first-order valence-electron chi connectivity index (χ1n) is 10.7. The molecule has 0 aromatic heterocycles. The predicted octanol–water partition coefficient (Wildman–Crippen LogP) is 3.64. The van der Waals surface area contributed by atoms with E-state index in [-0.39, 0.29) is 22.9 Å². The van der Waals surface area contributed by atoms with Gasteiger partial charge in [-0.15, -0.1) is 0 Å². The molecule has 2 aliphatic rings. The summed E-state index contributed by atoms with van der Waals surface area (Å²) in [5.41, 5.74) is 1.96. The van der Waals surface area contributed by atoms with Crippen molar-refractivity contribution in [2.24, 2.45) is 0 Å². The molecular formula is C24H28N2O4S2. The minimum atomic E-state index is -3.78. The molecule has 32 heavy (non-hydrogen) atoms. The molecule has 0 bridgehead atoms. The molecule has 0 saturated carbocycles. The van der Waals surface area contributed by atoms with Gasteiger partial charge in [0.1, 0.15) is 0 Å². The summed E-state index contributed by atoms with van der Waals surface area (Å²) in [6.45, 7) is 4.26. The SMILES string of the molecule is Cc1ccc(S(=O)(=O)N2CC=CC[C@@H]2[C@@H]2CC=CCN2S(=O)(=O)c2ccc(C)cc2)cc1.